The van der Waals surface area contributed by atoms with E-state index >= 15 is 0 Å². The third kappa shape index (κ3) is 1.78. The standard InChI is InChI=1S/C9H12Cl2N4O/c1-8(4-9(8,10)11)7(16)12-3-6-14-13-5-15(6)2/h5H,3-4H2,1-2H3,(H,12,16). The van der Waals surface area contributed by atoms with E-state index in [-0.39, 0.29) is 5.91 Å². The fourth-order valence-corrected chi connectivity index (χ4v) is 2.17. The second-order valence-electron chi connectivity index (χ2n) is 4.25. The Kier molecular flexibility index (Phi) is 2.62. The van der Waals surface area contributed by atoms with Gasteiger partial charge in [0, 0.05) is 7.05 Å². The number of halogens is 2. The number of nitrogens with zero attached hydrogens (tertiary/aromatic N) is 3. The Morgan fingerprint density at radius 2 is 2.31 bits per heavy atom. The Balaban J connectivity index is 1.93. The first kappa shape index (κ1) is 11.7. The molecule has 16 heavy (non-hydrogen) atoms. The lowest BCUT2D eigenvalue weighted by molar-refractivity contribution is -0.126. The van der Waals surface area contributed by atoms with Crippen molar-refractivity contribution >= 4 is 29.1 Å². The highest BCUT2D eigenvalue weighted by atomic mass is 35.5. The van der Waals surface area contributed by atoms with Crippen molar-refractivity contribution in [1.29, 1.82) is 0 Å². The Morgan fingerprint density at radius 3 is 2.75 bits per heavy atom. The summed E-state index contributed by atoms with van der Waals surface area (Å²) in [7, 11) is 1.81. The monoisotopic (exact) mass is 262 g/mol. The van der Waals surface area contributed by atoms with Crippen molar-refractivity contribution in [1.82, 2.24) is 20.1 Å². The molecule has 1 aliphatic carbocycles. The topological polar surface area (TPSA) is 59.8 Å². The number of alkyl halides is 2. The van der Waals surface area contributed by atoms with Crippen LogP contribution in [0.1, 0.15) is 19.2 Å². The smallest absolute Gasteiger partial charge is 0.229 e. The number of nitrogens with one attached hydrogen (secondary N) is 1. The van der Waals surface area contributed by atoms with Gasteiger partial charge in [0.05, 0.1) is 12.0 Å². The molecule has 1 aromatic rings. The molecule has 88 valence electrons. The van der Waals surface area contributed by atoms with Crippen LogP contribution in [0.5, 0.6) is 0 Å². The van der Waals surface area contributed by atoms with Gasteiger partial charge in [0.1, 0.15) is 10.7 Å². The Labute approximate surface area is 103 Å². The largest absolute Gasteiger partial charge is 0.348 e. The molecule has 0 radical (unpaired) electrons. The van der Waals surface area contributed by atoms with Gasteiger partial charge < -0.3 is 9.88 Å². The van der Waals surface area contributed by atoms with E-state index in [1.54, 1.807) is 17.8 Å². The number of rotatable bonds is 3. The van der Waals surface area contributed by atoms with E-state index in [0.717, 1.165) is 0 Å². The first-order chi connectivity index (χ1) is 7.37. The first-order valence-electron chi connectivity index (χ1n) is 4.86. The molecular weight excluding hydrogens is 251 g/mol. The molecule has 0 aromatic carbocycles. The summed E-state index contributed by atoms with van der Waals surface area (Å²) in [6.07, 6.45) is 2.06. The van der Waals surface area contributed by atoms with Gasteiger partial charge in [0.15, 0.2) is 5.82 Å². The highest BCUT2D eigenvalue weighted by molar-refractivity contribution is 6.53. The van der Waals surface area contributed by atoms with Crippen LogP contribution < -0.4 is 5.32 Å². The number of aryl methyl sites for hydroxylation is 1. The number of carbonyl (C=O) groups is 1. The lowest BCUT2D eigenvalue weighted by Crippen LogP contribution is -2.33. The zero-order valence-electron chi connectivity index (χ0n) is 9.00. The van der Waals surface area contributed by atoms with Gasteiger partial charge in [0.25, 0.3) is 0 Å². The highest BCUT2D eigenvalue weighted by Gasteiger charge is 2.67. The minimum atomic E-state index is -0.934. The van der Waals surface area contributed by atoms with Gasteiger partial charge in [-0.1, -0.05) is 0 Å². The third-order valence-corrected chi connectivity index (χ3v) is 4.07. The van der Waals surface area contributed by atoms with Crippen LogP contribution >= 0.6 is 23.2 Å². The quantitative estimate of drug-likeness (QED) is 0.828. The van der Waals surface area contributed by atoms with Gasteiger partial charge in [0.2, 0.25) is 5.91 Å². The Morgan fingerprint density at radius 1 is 1.69 bits per heavy atom. The molecule has 0 saturated heterocycles. The molecule has 1 unspecified atom stereocenters. The minimum Gasteiger partial charge on any atom is -0.348 e. The summed E-state index contributed by atoms with van der Waals surface area (Å²) in [4.78, 5) is 11.8. The SMILES string of the molecule is Cn1cnnc1CNC(=O)C1(C)CC1(Cl)Cl. The van der Waals surface area contributed by atoms with E-state index in [2.05, 4.69) is 15.5 Å². The predicted molar refractivity (Wildman–Crippen MR) is 60.0 cm³/mol. The van der Waals surface area contributed by atoms with Crippen LogP contribution in [0.2, 0.25) is 0 Å². The number of carbonyl (C=O) groups excluding carboxylic acids is 1. The van der Waals surface area contributed by atoms with Gasteiger partial charge in [-0.3, -0.25) is 4.79 Å². The van der Waals surface area contributed by atoms with Crippen molar-refractivity contribution < 1.29 is 4.79 Å². The summed E-state index contributed by atoms with van der Waals surface area (Å²) in [5, 5.41) is 10.3. The second kappa shape index (κ2) is 3.60. The van der Waals surface area contributed by atoms with Crippen LogP contribution in [0.15, 0.2) is 6.33 Å². The molecule has 1 heterocycles. The normalized spacial score (nSPS) is 26.5. The molecule has 5 nitrogen and oxygen atoms in total. The van der Waals surface area contributed by atoms with Gasteiger partial charge in [-0.25, -0.2) is 0 Å². The van der Waals surface area contributed by atoms with Gasteiger partial charge in [-0.2, -0.15) is 0 Å². The Hall–Kier alpha value is -0.810. The molecule has 1 aromatic heterocycles. The molecule has 1 atom stereocenters. The summed E-state index contributed by atoms with van der Waals surface area (Å²) < 4.78 is 0.807. The van der Waals surface area contributed by atoms with Gasteiger partial charge in [-0.05, 0) is 13.3 Å². The minimum absolute atomic E-state index is 0.152. The molecule has 7 heteroatoms. The maximum absolute atomic E-state index is 11.8. The van der Waals surface area contributed by atoms with Crippen LogP contribution in [0.25, 0.3) is 0 Å². The van der Waals surface area contributed by atoms with E-state index in [4.69, 9.17) is 23.2 Å². The van der Waals surface area contributed by atoms with Crippen molar-refractivity contribution in [2.24, 2.45) is 12.5 Å². The van der Waals surface area contributed by atoms with Crippen molar-refractivity contribution in [2.45, 2.75) is 24.2 Å². The molecule has 0 aliphatic heterocycles. The fraction of sp³-hybridized carbons (Fsp3) is 0.667. The number of hydrogen-bond donors (Lipinski definition) is 1. The first-order valence-corrected chi connectivity index (χ1v) is 5.61. The zero-order chi connectivity index (χ0) is 12.0. The lowest BCUT2D eigenvalue weighted by Gasteiger charge is -2.11. The summed E-state index contributed by atoms with van der Waals surface area (Å²) in [5.74, 6) is 0.535. The summed E-state index contributed by atoms with van der Waals surface area (Å²) in [5.41, 5.74) is -0.686. The molecular formula is C9H12Cl2N4O. The van der Waals surface area contributed by atoms with E-state index in [9.17, 15) is 4.79 Å². The molecule has 1 aliphatic rings. The molecule has 1 fully saturated rings. The molecule has 1 amide bonds. The van der Waals surface area contributed by atoms with Crippen LogP contribution in [-0.4, -0.2) is 25.0 Å². The summed E-state index contributed by atoms with van der Waals surface area (Å²) in [6, 6.07) is 0. The van der Waals surface area contributed by atoms with Crippen molar-refractivity contribution in [3.05, 3.63) is 12.2 Å². The fourth-order valence-electron chi connectivity index (χ4n) is 1.47. The van der Waals surface area contributed by atoms with Crippen LogP contribution in [0.3, 0.4) is 0 Å². The second-order valence-corrected chi connectivity index (χ2v) is 5.74. The van der Waals surface area contributed by atoms with E-state index in [1.165, 1.54) is 0 Å². The molecule has 0 bridgehead atoms. The molecule has 0 spiro atoms. The average Bonchev–Trinajstić information content (AvgIpc) is 2.57. The van der Waals surface area contributed by atoms with E-state index < -0.39 is 9.75 Å². The van der Waals surface area contributed by atoms with Crippen LogP contribution in [0.4, 0.5) is 0 Å². The summed E-state index contributed by atoms with van der Waals surface area (Å²) in [6.45, 7) is 2.08. The predicted octanol–water partition coefficient (Wildman–Crippen LogP) is 1.02. The molecule has 1 N–H and O–H groups in total. The number of aromatic nitrogens is 3. The molecule has 1 saturated carbocycles. The lowest BCUT2D eigenvalue weighted by atomic mass is 10.1. The summed E-state index contributed by atoms with van der Waals surface area (Å²) >= 11 is 11.8. The van der Waals surface area contributed by atoms with Crippen LogP contribution in [-0.2, 0) is 18.4 Å². The average molecular weight is 263 g/mol. The Bertz CT molecular complexity index is 431. The van der Waals surface area contributed by atoms with Gasteiger partial charge in [-0.15, -0.1) is 33.4 Å². The maximum atomic E-state index is 11.8. The number of hydrogen-bond acceptors (Lipinski definition) is 3. The van der Waals surface area contributed by atoms with Crippen molar-refractivity contribution in [2.75, 3.05) is 0 Å². The zero-order valence-corrected chi connectivity index (χ0v) is 10.5. The van der Waals surface area contributed by atoms with E-state index in [1.807, 2.05) is 7.05 Å². The number of amides is 1. The van der Waals surface area contributed by atoms with Crippen LogP contribution in [0, 0.1) is 5.41 Å². The van der Waals surface area contributed by atoms with Crippen molar-refractivity contribution in [3.8, 4) is 0 Å². The molecule has 2 rings (SSSR count). The highest BCUT2D eigenvalue weighted by Crippen LogP contribution is 2.63. The van der Waals surface area contributed by atoms with Crippen molar-refractivity contribution in [3.63, 3.8) is 0 Å². The van der Waals surface area contributed by atoms with Gasteiger partial charge >= 0.3 is 0 Å². The third-order valence-electron chi connectivity index (χ3n) is 2.97. The van der Waals surface area contributed by atoms with E-state index in [0.29, 0.717) is 18.8 Å². The maximum Gasteiger partial charge on any atom is 0.229 e.